The summed E-state index contributed by atoms with van der Waals surface area (Å²) in [5.74, 6) is -0.176. The van der Waals surface area contributed by atoms with E-state index in [4.69, 9.17) is 0 Å². The largest absolute Gasteiger partial charge is 0.298 e. The van der Waals surface area contributed by atoms with Crippen molar-refractivity contribution in [2.24, 2.45) is 0 Å². The highest BCUT2D eigenvalue weighted by Crippen LogP contribution is 2.18. The number of hydrogen-bond acceptors (Lipinski definition) is 3. The van der Waals surface area contributed by atoms with Crippen LogP contribution in [0.1, 0.15) is 29.4 Å². The van der Waals surface area contributed by atoms with Gasteiger partial charge in [-0.15, -0.1) is 0 Å². The first-order valence-corrected chi connectivity index (χ1v) is 7.54. The van der Waals surface area contributed by atoms with Gasteiger partial charge in [0.2, 0.25) is 0 Å². The Kier molecular flexibility index (Phi) is 4.25. The predicted molar refractivity (Wildman–Crippen MR) is 80.5 cm³/mol. The van der Waals surface area contributed by atoms with Crippen molar-refractivity contribution in [3.8, 4) is 0 Å². The second-order valence-electron chi connectivity index (χ2n) is 5.50. The molecule has 3 nitrogen and oxygen atoms in total. The van der Waals surface area contributed by atoms with Crippen molar-refractivity contribution in [1.82, 2.24) is 14.9 Å². The minimum absolute atomic E-state index is 0.176. The molecule has 0 amide bonds. The van der Waals surface area contributed by atoms with Gasteiger partial charge >= 0.3 is 0 Å². The molecular formula is C17H20FN3. The first-order chi connectivity index (χ1) is 10.3. The van der Waals surface area contributed by atoms with Crippen LogP contribution in [-0.2, 0) is 25.8 Å². The molecule has 0 bridgehead atoms. The summed E-state index contributed by atoms with van der Waals surface area (Å²) in [6, 6.07) is 6.79. The van der Waals surface area contributed by atoms with Gasteiger partial charge in [-0.25, -0.2) is 14.4 Å². The molecule has 0 saturated carbocycles. The van der Waals surface area contributed by atoms with Crippen LogP contribution in [0, 0.1) is 5.82 Å². The maximum atomic E-state index is 13.0. The molecule has 0 spiro atoms. The molecule has 0 atom stereocenters. The van der Waals surface area contributed by atoms with Gasteiger partial charge in [-0.2, -0.15) is 0 Å². The van der Waals surface area contributed by atoms with Gasteiger partial charge in [-0.1, -0.05) is 19.1 Å². The number of halogens is 1. The summed E-state index contributed by atoms with van der Waals surface area (Å²) in [6.45, 7) is 5.00. The van der Waals surface area contributed by atoms with Crippen LogP contribution in [-0.4, -0.2) is 28.0 Å². The lowest BCUT2D eigenvalue weighted by atomic mass is 10.1. The third kappa shape index (κ3) is 3.27. The third-order valence-electron chi connectivity index (χ3n) is 4.12. The van der Waals surface area contributed by atoms with Crippen molar-refractivity contribution in [2.75, 3.05) is 13.1 Å². The number of hydrogen-bond donors (Lipinski definition) is 0. The molecule has 1 aromatic carbocycles. The van der Waals surface area contributed by atoms with Gasteiger partial charge in [0.05, 0.1) is 0 Å². The van der Waals surface area contributed by atoms with E-state index in [0.29, 0.717) is 0 Å². The summed E-state index contributed by atoms with van der Waals surface area (Å²) in [5, 5.41) is 0. The third-order valence-corrected chi connectivity index (χ3v) is 4.12. The summed E-state index contributed by atoms with van der Waals surface area (Å²) in [6.07, 6.45) is 4.61. The van der Waals surface area contributed by atoms with Crippen molar-refractivity contribution in [3.05, 3.63) is 58.9 Å². The fraction of sp³-hybridized carbons (Fsp3) is 0.412. The monoisotopic (exact) mass is 285 g/mol. The maximum absolute atomic E-state index is 13.0. The molecule has 1 aliphatic heterocycles. The van der Waals surface area contributed by atoms with Crippen LogP contribution in [0.5, 0.6) is 0 Å². The summed E-state index contributed by atoms with van der Waals surface area (Å²) in [5.41, 5.74) is 4.87. The summed E-state index contributed by atoms with van der Waals surface area (Å²) in [4.78, 5) is 11.3. The molecule has 21 heavy (non-hydrogen) atoms. The van der Waals surface area contributed by atoms with Gasteiger partial charge in [0.25, 0.3) is 0 Å². The van der Waals surface area contributed by atoms with Gasteiger partial charge in [0.1, 0.15) is 12.1 Å². The fourth-order valence-corrected chi connectivity index (χ4v) is 2.95. The van der Waals surface area contributed by atoms with E-state index in [1.54, 1.807) is 6.33 Å². The van der Waals surface area contributed by atoms with Crippen molar-refractivity contribution < 1.29 is 4.39 Å². The van der Waals surface area contributed by atoms with Crippen molar-refractivity contribution >= 4 is 0 Å². The molecule has 0 saturated heterocycles. The average molecular weight is 285 g/mol. The maximum Gasteiger partial charge on any atom is 0.123 e. The predicted octanol–water partition coefficient (Wildman–Crippen LogP) is 2.78. The zero-order chi connectivity index (χ0) is 14.7. The molecule has 3 rings (SSSR count). The highest BCUT2D eigenvalue weighted by atomic mass is 19.1. The average Bonchev–Trinajstić information content (AvgIpc) is 2.72. The highest BCUT2D eigenvalue weighted by Gasteiger charge is 2.17. The zero-order valence-electron chi connectivity index (χ0n) is 12.3. The van der Waals surface area contributed by atoms with Crippen LogP contribution in [0.25, 0.3) is 0 Å². The van der Waals surface area contributed by atoms with Crippen LogP contribution in [0.4, 0.5) is 4.39 Å². The van der Waals surface area contributed by atoms with Crippen LogP contribution in [0.15, 0.2) is 30.6 Å². The minimum atomic E-state index is -0.176. The SMILES string of the molecule is CCc1ncnc2c1CCN(Cc1ccc(F)cc1)CC2. The van der Waals surface area contributed by atoms with Crippen molar-refractivity contribution in [2.45, 2.75) is 32.7 Å². The lowest BCUT2D eigenvalue weighted by molar-refractivity contribution is 0.278. The van der Waals surface area contributed by atoms with Crippen LogP contribution < -0.4 is 0 Å². The van der Waals surface area contributed by atoms with E-state index >= 15 is 0 Å². The molecule has 0 unspecified atom stereocenters. The number of aromatic nitrogens is 2. The normalized spacial score (nSPS) is 15.5. The van der Waals surface area contributed by atoms with E-state index in [-0.39, 0.29) is 5.82 Å². The standard InChI is InChI=1S/C17H20FN3/c1-2-16-15-7-9-21(10-8-17(15)20-12-19-16)11-13-3-5-14(18)6-4-13/h3-6,12H,2,7-11H2,1H3. The zero-order valence-corrected chi connectivity index (χ0v) is 12.3. The first kappa shape index (κ1) is 14.1. The van der Waals surface area contributed by atoms with E-state index < -0.39 is 0 Å². The lowest BCUT2D eigenvalue weighted by Crippen LogP contribution is -2.26. The van der Waals surface area contributed by atoms with Gasteiger partial charge in [0.15, 0.2) is 0 Å². The molecule has 110 valence electrons. The van der Waals surface area contributed by atoms with E-state index in [2.05, 4.69) is 21.8 Å². The topological polar surface area (TPSA) is 29.0 Å². The Morgan fingerprint density at radius 1 is 1.10 bits per heavy atom. The second kappa shape index (κ2) is 6.31. The number of aryl methyl sites for hydroxylation is 1. The number of benzene rings is 1. The van der Waals surface area contributed by atoms with Crippen LogP contribution >= 0.6 is 0 Å². The molecular weight excluding hydrogens is 265 g/mol. The van der Waals surface area contributed by atoms with E-state index in [0.717, 1.165) is 44.5 Å². The van der Waals surface area contributed by atoms with Gasteiger partial charge in [-0.3, -0.25) is 4.90 Å². The second-order valence-corrected chi connectivity index (χ2v) is 5.50. The molecule has 2 heterocycles. The smallest absolute Gasteiger partial charge is 0.123 e. The highest BCUT2D eigenvalue weighted by molar-refractivity contribution is 5.27. The Morgan fingerprint density at radius 2 is 1.86 bits per heavy atom. The Bertz CT molecular complexity index is 610. The number of fused-ring (bicyclic) bond motifs is 1. The van der Waals surface area contributed by atoms with Crippen LogP contribution in [0.3, 0.4) is 0 Å². The number of nitrogens with zero attached hydrogens (tertiary/aromatic N) is 3. The fourth-order valence-electron chi connectivity index (χ4n) is 2.95. The molecule has 2 aromatic rings. The van der Waals surface area contributed by atoms with Crippen molar-refractivity contribution in [3.63, 3.8) is 0 Å². The molecule has 0 N–H and O–H groups in total. The lowest BCUT2D eigenvalue weighted by Gasteiger charge is -2.19. The van der Waals surface area contributed by atoms with Gasteiger partial charge in [0, 0.05) is 37.4 Å². The quantitative estimate of drug-likeness (QED) is 0.868. The summed E-state index contributed by atoms with van der Waals surface area (Å²) >= 11 is 0. The molecule has 0 radical (unpaired) electrons. The Balaban J connectivity index is 1.71. The van der Waals surface area contributed by atoms with E-state index in [1.165, 1.54) is 29.1 Å². The first-order valence-electron chi connectivity index (χ1n) is 7.54. The molecule has 1 aliphatic rings. The van der Waals surface area contributed by atoms with Crippen LogP contribution in [0.2, 0.25) is 0 Å². The minimum Gasteiger partial charge on any atom is -0.298 e. The Labute approximate surface area is 124 Å². The van der Waals surface area contributed by atoms with E-state index in [1.807, 2.05) is 12.1 Å². The number of rotatable bonds is 3. The molecule has 0 aliphatic carbocycles. The summed E-state index contributed by atoms with van der Waals surface area (Å²) in [7, 11) is 0. The summed E-state index contributed by atoms with van der Waals surface area (Å²) < 4.78 is 13.0. The molecule has 4 heteroatoms. The van der Waals surface area contributed by atoms with Gasteiger partial charge < -0.3 is 0 Å². The molecule has 0 fully saturated rings. The van der Waals surface area contributed by atoms with E-state index in [9.17, 15) is 4.39 Å². The van der Waals surface area contributed by atoms with Crippen molar-refractivity contribution in [1.29, 1.82) is 0 Å². The van der Waals surface area contributed by atoms with Gasteiger partial charge in [-0.05, 0) is 36.1 Å². The Morgan fingerprint density at radius 3 is 2.62 bits per heavy atom. The molecule has 1 aromatic heterocycles. The Hall–Kier alpha value is -1.81.